The highest BCUT2D eigenvalue weighted by Crippen LogP contribution is 2.23. The molecule has 2 heterocycles. The highest BCUT2D eigenvalue weighted by Gasteiger charge is 2.33. The fourth-order valence-corrected chi connectivity index (χ4v) is 4.14. The Balaban J connectivity index is 1.61. The average Bonchev–Trinajstić information content (AvgIpc) is 3.02. The Morgan fingerprint density at radius 2 is 2.14 bits per heavy atom. The van der Waals surface area contributed by atoms with Crippen molar-refractivity contribution in [1.82, 2.24) is 15.2 Å². The molecule has 1 amide bonds. The van der Waals surface area contributed by atoms with Crippen LogP contribution in [0.1, 0.15) is 32.2 Å². The minimum absolute atomic E-state index is 0.0354. The number of nitrogens with one attached hydrogen (secondary N) is 1. The first-order valence-corrected chi connectivity index (χ1v) is 8.77. The summed E-state index contributed by atoms with van der Waals surface area (Å²) in [5, 5.41) is 4.61. The molecule has 1 aromatic carbocycles. The van der Waals surface area contributed by atoms with Gasteiger partial charge < -0.3 is 10.2 Å². The summed E-state index contributed by atoms with van der Waals surface area (Å²) >= 11 is 1.74. The number of nitrogens with zero attached hydrogens (tertiary/aromatic N) is 2. The fraction of sp³-hybridized carbons (Fsp3) is 0.529. The van der Waals surface area contributed by atoms with Crippen molar-refractivity contribution in [2.45, 2.75) is 51.7 Å². The van der Waals surface area contributed by atoms with E-state index >= 15 is 0 Å². The van der Waals surface area contributed by atoms with E-state index in [0.29, 0.717) is 6.04 Å². The van der Waals surface area contributed by atoms with Crippen LogP contribution in [0.3, 0.4) is 0 Å². The molecule has 2 aromatic rings. The molecule has 3 rings (SSSR count). The van der Waals surface area contributed by atoms with Crippen LogP contribution in [-0.2, 0) is 11.2 Å². The van der Waals surface area contributed by atoms with Gasteiger partial charge in [0, 0.05) is 25.0 Å². The number of para-hydroxylation sites is 1. The van der Waals surface area contributed by atoms with Gasteiger partial charge in [-0.15, -0.1) is 11.3 Å². The first kappa shape index (κ1) is 15.4. The molecule has 1 aliphatic rings. The van der Waals surface area contributed by atoms with Crippen molar-refractivity contribution in [1.29, 1.82) is 0 Å². The number of hydrogen-bond donors (Lipinski definition) is 1. The van der Waals surface area contributed by atoms with Crippen molar-refractivity contribution in [3.63, 3.8) is 0 Å². The molecule has 0 bridgehead atoms. The molecule has 1 N–H and O–H groups in total. The number of rotatable bonds is 5. The average molecular weight is 317 g/mol. The Morgan fingerprint density at radius 3 is 2.82 bits per heavy atom. The molecular formula is C17H23N3OS. The SMILES string of the molecule is CC(C)N1CC[C@@H](N[C@H](C)Cc2nc3ccccc3s2)C1=O. The maximum atomic E-state index is 12.3. The molecule has 0 spiro atoms. The monoisotopic (exact) mass is 317 g/mol. The summed E-state index contributed by atoms with van der Waals surface area (Å²) in [6, 6.07) is 8.73. The molecule has 22 heavy (non-hydrogen) atoms. The van der Waals surface area contributed by atoms with E-state index in [4.69, 9.17) is 0 Å². The zero-order chi connectivity index (χ0) is 15.7. The number of thiazole rings is 1. The topological polar surface area (TPSA) is 45.2 Å². The molecule has 4 nitrogen and oxygen atoms in total. The smallest absolute Gasteiger partial charge is 0.240 e. The van der Waals surface area contributed by atoms with E-state index in [9.17, 15) is 4.79 Å². The quantitative estimate of drug-likeness (QED) is 0.922. The molecule has 1 saturated heterocycles. The number of carbonyl (C=O) groups excluding carboxylic acids is 1. The molecular weight excluding hydrogens is 294 g/mol. The summed E-state index contributed by atoms with van der Waals surface area (Å²) in [7, 11) is 0. The minimum atomic E-state index is -0.0354. The Morgan fingerprint density at radius 1 is 1.36 bits per heavy atom. The van der Waals surface area contributed by atoms with Crippen molar-refractivity contribution in [2.24, 2.45) is 0 Å². The Kier molecular flexibility index (Phi) is 4.45. The van der Waals surface area contributed by atoms with Crippen LogP contribution in [0, 0.1) is 0 Å². The van der Waals surface area contributed by atoms with Crippen LogP contribution in [-0.4, -0.2) is 40.5 Å². The van der Waals surface area contributed by atoms with Gasteiger partial charge in [-0.25, -0.2) is 4.98 Å². The van der Waals surface area contributed by atoms with Crippen LogP contribution in [0.15, 0.2) is 24.3 Å². The van der Waals surface area contributed by atoms with Gasteiger partial charge in [0.25, 0.3) is 0 Å². The van der Waals surface area contributed by atoms with Crippen molar-refractivity contribution < 1.29 is 4.79 Å². The highest BCUT2D eigenvalue weighted by atomic mass is 32.1. The van der Waals surface area contributed by atoms with E-state index in [-0.39, 0.29) is 18.0 Å². The standard InChI is InChI=1S/C17H23N3OS/c1-11(2)20-9-8-14(17(20)21)18-12(3)10-16-19-13-6-4-5-7-15(13)22-16/h4-7,11-12,14,18H,8-10H2,1-3H3/t12-,14-/m1/s1. The van der Waals surface area contributed by atoms with Gasteiger partial charge in [-0.1, -0.05) is 12.1 Å². The first-order chi connectivity index (χ1) is 10.5. The molecule has 1 fully saturated rings. The van der Waals surface area contributed by atoms with Crippen LogP contribution < -0.4 is 5.32 Å². The third-order valence-electron chi connectivity index (χ3n) is 4.17. The molecule has 0 unspecified atom stereocenters. The molecule has 2 atom stereocenters. The van der Waals surface area contributed by atoms with Crippen LogP contribution >= 0.6 is 11.3 Å². The van der Waals surface area contributed by atoms with Gasteiger partial charge >= 0.3 is 0 Å². The molecule has 5 heteroatoms. The van der Waals surface area contributed by atoms with Gasteiger partial charge in [-0.05, 0) is 39.3 Å². The lowest BCUT2D eigenvalue weighted by Gasteiger charge is -2.22. The van der Waals surface area contributed by atoms with Gasteiger partial charge in [0.05, 0.1) is 21.3 Å². The second kappa shape index (κ2) is 6.34. The largest absolute Gasteiger partial charge is 0.339 e. The predicted molar refractivity (Wildman–Crippen MR) is 91.2 cm³/mol. The minimum Gasteiger partial charge on any atom is -0.339 e. The molecule has 0 aliphatic carbocycles. The lowest BCUT2D eigenvalue weighted by atomic mass is 10.2. The first-order valence-electron chi connectivity index (χ1n) is 7.95. The van der Waals surface area contributed by atoms with Crippen LogP contribution in [0.5, 0.6) is 0 Å². The zero-order valence-electron chi connectivity index (χ0n) is 13.4. The van der Waals surface area contributed by atoms with Crippen LogP contribution in [0.25, 0.3) is 10.2 Å². The van der Waals surface area contributed by atoms with Gasteiger partial charge in [0.15, 0.2) is 0 Å². The van der Waals surface area contributed by atoms with E-state index < -0.39 is 0 Å². The lowest BCUT2D eigenvalue weighted by Crippen LogP contribution is -2.44. The summed E-state index contributed by atoms with van der Waals surface area (Å²) in [5.74, 6) is 0.242. The number of fused-ring (bicyclic) bond motifs is 1. The predicted octanol–water partition coefficient (Wildman–Crippen LogP) is 2.83. The Bertz CT molecular complexity index is 634. The molecule has 0 saturated carbocycles. The Hall–Kier alpha value is -1.46. The van der Waals surface area contributed by atoms with Gasteiger partial charge in [0.2, 0.25) is 5.91 Å². The van der Waals surface area contributed by atoms with E-state index in [0.717, 1.165) is 29.9 Å². The van der Waals surface area contributed by atoms with Gasteiger partial charge in [-0.2, -0.15) is 0 Å². The third-order valence-corrected chi connectivity index (χ3v) is 5.23. The van der Waals surface area contributed by atoms with E-state index in [2.05, 4.69) is 43.2 Å². The number of likely N-dealkylation sites (tertiary alicyclic amines) is 1. The normalized spacial score (nSPS) is 20.3. The van der Waals surface area contributed by atoms with Crippen LogP contribution in [0.2, 0.25) is 0 Å². The number of aromatic nitrogens is 1. The molecule has 118 valence electrons. The third kappa shape index (κ3) is 3.15. The summed E-state index contributed by atoms with van der Waals surface area (Å²) < 4.78 is 1.23. The number of hydrogen-bond acceptors (Lipinski definition) is 4. The number of benzene rings is 1. The zero-order valence-corrected chi connectivity index (χ0v) is 14.2. The number of amides is 1. The summed E-state index contributed by atoms with van der Waals surface area (Å²) in [6.07, 6.45) is 1.77. The number of carbonyl (C=O) groups is 1. The summed E-state index contributed by atoms with van der Waals surface area (Å²) in [6.45, 7) is 7.15. The van der Waals surface area contributed by atoms with Gasteiger partial charge in [-0.3, -0.25) is 4.79 Å². The second-order valence-corrected chi connectivity index (χ2v) is 7.43. The highest BCUT2D eigenvalue weighted by molar-refractivity contribution is 7.18. The van der Waals surface area contributed by atoms with E-state index in [1.165, 1.54) is 4.70 Å². The van der Waals surface area contributed by atoms with Gasteiger partial charge in [0.1, 0.15) is 0 Å². The molecule has 0 radical (unpaired) electrons. The fourth-order valence-electron chi connectivity index (χ4n) is 3.04. The van der Waals surface area contributed by atoms with Crippen molar-refractivity contribution in [3.8, 4) is 0 Å². The maximum Gasteiger partial charge on any atom is 0.240 e. The summed E-state index contributed by atoms with van der Waals surface area (Å²) in [5.41, 5.74) is 1.07. The van der Waals surface area contributed by atoms with Crippen molar-refractivity contribution >= 4 is 27.5 Å². The molecule has 1 aliphatic heterocycles. The summed E-state index contributed by atoms with van der Waals surface area (Å²) in [4.78, 5) is 19.0. The van der Waals surface area contributed by atoms with Crippen molar-refractivity contribution in [3.05, 3.63) is 29.3 Å². The Labute approximate surface area is 135 Å². The van der Waals surface area contributed by atoms with E-state index in [1.807, 2.05) is 17.0 Å². The maximum absolute atomic E-state index is 12.3. The van der Waals surface area contributed by atoms with E-state index in [1.54, 1.807) is 11.3 Å². The van der Waals surface area contributed by atoms with Crippen molar-refractivity contribution in [2.75, 3.05) is 6.54 Å². The second-order valence-electron chi connectivity index (χ2n) is 6.31. The van der Waals surface area contributed by atoms with Crippen LogP contribution in [0.4, 0.5) is 0 Å². The molecule has 1 aromatic heterocycles. The lowest BCUT2D eigenvalue weighted by molar-refractivity contribution is -0.130.